The molecule has 1 atom stereocenters. The van der Waals surface area contributed by atoms with Crippen molar-refractivity contribution < 1.29 is 27.8 Å². The number of fused-ring (bicyclic) bond motifs is 1. The molecule has 0 saturated carbocycles. The molecule has 4 aromatic carbocycles. The standard InChI is InChI=1S/C30H21F3N4O3/c1-40-26-13-12-24(22-10-2-3-11-23(22)26)28(38)19-7-5-8-20(15-19)35-29(39)25-16-27(30(31,32)33)36-37(25)21-9-4-6-18(14-21)17-34/h2-16,28,38H,1H3,(H,35,39). The van der Waals surface area contributed by atoms with E-state index >= 15 is 0 Å². The molecule has 1 heterocycles. The van der Waals surface area contributed by atoms with Crippen molar-refractivity contribution >= 4 is 22.4 Å². The SMILES string of the molecule is COc1ccc(C(O)c2cccc(NC(=O)c3cc(C(F)(F)F)nn3-c3cccc(C#N)c3)c2)c2ccccc12. The average Bonchev–Trinajstić information content (AvgIpc) is 3.43. The summed E-state index contributed by atoms with van der Waals surface area (Å²) in [5.41, 5.74) is 0.0110. The third-order valence-electron chi connectivity index (χ3n) is 6.34. The molecule has 0 aliphatic heterocycles. The summed E-state index contributed by atoms with van der Waals surface area (Å²) in [6.45, 7) is 0. The van der Waals surface area contributed by atoms with Gasteiger partial charge in [-0.2, -0.15) is 23.5 Å². The molecule has 1 aromatic heterocycles. The minimum absolute atomic E-state index is 0.121. The number of anilines is 1. The van der Waals surface area contributed by atoms with Gasteiger partial charge in [0.2, 0.25) is 0 Å². The van der Waals surface area contributed by atoms with Gasteiger partial charge in [0.05, 0.1) is 24.4 Å². The van der Waals surface area contributed by atoms with Crippen molar-refractivity contribution in [1.82, 2.24) is 9.78 Å². The van der Waals surface area contributed by atoms with Crippen LogP contribution in [0.4, 0.5) is 18.9 Å². The van der Waals surface area contributed by atoms with Crippen LogP contribution in [0.3, 0.4) is 0 Å². The number of nitrogens with zero attached hydrogens (tertiary/aromatic N) is 3. The lowest BCUT2D eigenvalue weighted by Gasteiger charge is -2.17. The Morgan fingerprint density at radius 3 is 2.48 bits per heavy atom. The van der Waals surface area contributed by atoms with Crippen LogP contribution in [0.5, 0.6) is 5.75 Å². The number of aromatic nitrogens is 2. The number of hydrogen-bond donors (Lipinski definition) is 2. The van der Waals surface area contributed by atoms with Gasteiger partial charge in [0.1, 0.15) is 17.5 Å². The number of rotatable bonds is 6. The number of ether oxygens (including phenoxy) is 1. The minimum atomic E-state index is -4.79. The Kier molecular flexibility index (Phi) is 6.98. The third kappa shape index (κ3) is 5.10. The smallest absolute Gasteiger partial charge is 0.435 e. The Hall–Kier alpha value is -5.14. The van der Waals surface area contributed by atoms with E-state index in [0.717, 1.165) is 15.5 Å². The van der Waals surface area contributed by atoms with E-state index in [1.165, 1.54) is 24.3 Å². The highest BCUT2D eigenvalue weighted by atomic mass is 19.4. The van der Waals surface area contributed by atoms with Gasteiger partial charge in [-0.3, -0.25) is 4.79 Å². The van der Waals surface area contributed by atoms with E-state index in [4.69, 9.17) is 4.74 Å². The second-order valence-corrected chi connectivity index (χ2v) is 8.87. The molecule has 40 heavy (non-hydrogen) atoms. The molecule has 5 aromatic rings. The number of alkyl halides is 3. The highest BCUT2D eigenvalue weighted by Gasteiger charge is 2.36. The number of aliphatic hydroxyl groups is 1. The van der Waals surface area contributed by atoms with E-state index in [-0.39, 0.29) is 22.6 Å². The minimum Gasteiger partial charge on any atom is -0.496 e. The number of methoxy groups -OCH3 is 1. The first-order chi connectivity index (χ1) is 19.2. The van der Waals surface area contributed by atoms with E-state index in [0.29, 0.717) is 22.9 Å². The van der Waals surface area contributed by atoms with E-state index in [1.54, 1.807) is 43.5 Å². The fourth-order valence-corrected chi connectivity index (χ4v) is 4.46. The molecule has 1 amide bonds. The van der Waals surface area contributed by atoms with Gasteiger partial charge in [0, 0.05) is 17.1 Å². The van der Waals surface area contributed by atoms with Crippen LogP contribution in [-0.2, 0) is 6.18 Å². The number of nitriles is 1. The van der Waals surface area contributed by atoms with E-state index in [2.05, 4.69) is 10.4 Å². The van der Waals surface area contributed by atoms with Crippen molar-refractivity contribution in [2.24, 2.45) is 0 Å². The van der Waals surface area contributed by atoms with Crippen molar-refractivity contribution in [3.05, 3.63) is 119 Å². The van der Waals surface area contributed by atoms with Gasteiger partial charge in [0.15, 0.2) is 5.69 Å². The Bertz CT molecular complexity index is 1770. The molecule has 200 valence electrons. The lowest BCUT2D eigenvalue weighted by atomic mass is 9.95. The van der Waals surface area contributed by atoms with Gasteiger partial charge in [-0.15, -0.1) is 0 Å². The zero-order chi connectivity index (χ0) is 28.4. The largest absolute Gasteiger partial charge is 0.496 e. The molecule has 5 rings (SSSR count). The van der Waals surface area contributed by atoms with Gasteiger partial charge in [-0.1, -0.05) is 48.5 Å². The number of halogens is 3. The van der Waals surface area contributed by atoms with Crippen LogP contribution in [0.2, 0.25) is 0 Å². The summed E-state index contributed by atoms with van der Waals surface area (Å²) in [7, 11) is 1.56. The highest BCUT2D eigenvalue weighted by Crippen LogP contribution is 2.35. The topological polar surface area (TPSA) is 100 Å². The molecule has 0 saturated heterocycles. The average molecular weight is 543 g/mol. The predicted molar refractivity (Wildman–Crippen MR) is 142 cm³/mol. The summed E-state index contributed by atoms with van der Waals surface area (Å²) in [6.07, 6.45) is -5.86. The maximum atomic E-state index is 13.5. The fourth-order valence-electron chi connectivity index (χ4n) is 4.46. The number of aliphatic hydroxyl groups excluding tert-OH is 1. The summed E-state index contributed by atoms with van der Waals surface area (Å²) in [5.74, 6) is -0.199. The molecule has 0 aliphatic rings. The first kappa shape index (κ1) is 26.5. The lowest BCUT2D eigenvalue weighted by molar-refractivity contribution is -0.141. The lowest BCUT2D eigenvalue weighted by Crippen LogP contribution is -2.17. The monoisotopic (exact) mass is 542 g/mol. The number of nitrogens with one attached hydrogen (secondary N) is 1. The summed E-state index contributed by atoms with van der Waals surface area (Å²) < 4.78 is 46.8. The predicted octanol–water partition coefficient (Wildman–Crippen LogP) is 6.26. The number of hydrogen-bond acceptors (Lipinski definition) is 5. The van der Waals surface area contributed by atoms with Crippen molar-refractivity contribution in [3.8, 4) is 17.5 Å². The summed E-state index contributed by atoms with van der Waals surface area (Å²) in [5, 5.41) is 28.2. The maximum absolute atomic E-state index is 13.5. The zero-order valence-corrected chi connectivity index (χ0v) is 21.0. The Labute approximate surface area is 226 Å². The van der Waals surface area contributed by atoms with Crippen LogP contribution in [0.15, 0.2) is 91.0 Å². The zero-order valence-electron chi connectivity index (χ0n) is 21.0. The second-order valence-electron chi connectivity index (χ2n) is 8.87. The van der Waals surface area contributed by atoms with Crippen molar-refractivity contribution in [3.63, 3.8) is 0 Å². The molecule has 0 spiro atoms. The molecule has 0 aliphatic carbocycles. The quantitative estimate of drug-likeness (QED) is 0.264. The Balaban J connectivity index is 1.48. The Morgan fingerprint density at radius 2 is 1.75 bits per heavy atom. The van der Waals surface area contributed by atoms with Crippen molar-refractivity contribution in [2.45, 2.75) is 12.3 Å². The maximum Gasteiger partial charge on any atom is 0.435 e. The fraction of sp³-hybridized carbons (Fsp3) is 0.100. The molecule has 10 heteroatoms. The molecular formula is C30H21F3N4O3. The van der Waals surface area contributed by atoms with Gasteiger partial charge >= 0.3 is 6.18 Å². The van der Waals surface area contributed by atoms with Crippen LogP contribution in [0.25, 0.3) is 16.5 Å². The van der Waals surface area contributed by atoms with Gasteiger partial charge in [-0.05, 0) is 52.9 Å². The highest BCUT2D eigenvalue weighted by molar-refractivity contribution is 6.03. The van der Waals surface area contributed by atoms with Crippen LogP contribution >= 0.6 is 0 Å². The Morgan fingerprint density at radius 1 is 1.00 bits per heavy atom. The second kappa shape index (κ2) is 10.6. The van der Waals surface area contributed by atoms with E-state index < -0.39 is 23.9 Å². The molecule has 7 nitrogen and oxygen atoms in total. The van der Waals surface area contributed by atoms with Gasteiger partial charge in [-0.25, -0.2) is 4.68 Å². The van der Waals surface area contributed by atoms with Gasteiger partial charge in [0.25, 0.3) is 5.91 Å². The van der Waals surface area contributed by atoms with Crippen LogP contribution < -0.4 is 10.1 Å². The molecule has 0 fully saturated rings. The number of carbonyl (C=O) groups is 1. The molecular weight excluding hydrogens is 521 g/mol. The third-order valence-corrected chi connectivity index (χ3v) is 6.34. The van der Waals surface area contributed by atoms with Crippen LogP contribution in [0.1, 0.15) is 39.0 Å². The molecule has 0 radical (unpaired) electrons. The first-order valence-electron chi connectivity index (χ1n) is 12.0. The summed E-state index contributed by atoms with van der Waals surface area (Å²) >= 11 is 0. The summed E-state index contributed by atoms with van der Waals surface area (Å²) in [4.78, 5) is 13.2. The first-order valence-corrected chi connectivity index (χ1v) is 12.0. The number of amides is 1. The molecule has 2 N–H and O–H groups in total. The van der Waals surface area contributed by atoms with Crippen molar-refractivity contribution in [1.29, 1.82) is 5.26 Å². The normalized spacial score (nSPS) is 12.1. The number of carbonyl (C=O) groups excluding carboxylic acids is 1. The van der Waals surface area contributed by atoms with Crippen LogP contribution in [0, 0.1) is 11.3 Å². The molecule has 1 unspecified atom stereocenters. The molecule has 0 bridgehead atoms. The van der Waals surface area contributed by atoms with Crippen LogP contribution in [-0.4, -0.2) is 27.9 Å². The van der Waals surface area contributed by atoms with E-state index in [9.17, 15) is 28.3 Å². The van der Waals surface area contributed by atoms with E-state index in [1.807, 2.05) is 30.3 Å². The summed E-state index contributed by atoms with van der Waals surface area (Å²) in [6, 6.07) is 25.7. The van der Waals surface area contributed by atoms with Gasteiger partial charge < -0.3 is 15.2 Å². The van der Waals surface area contributed by atoms with Crippen molar-refractivity contribution in [2.75, 3.05) is 12.4 Å². The number of benzene rings is 4.